The van der Waals surface area contributed by atoms with Gasteiger partial charge >= 0.3 is 11.9 Å². The van der Waals surface area contributed by atoms with Gasteiger partial charge in [0, 0.05) is 22.4 Å². The number of hydrogen-bond donors (Lipinski definition) is 0. The van der Waals surface area contributed by atoms with Crippen molar-refractivity contribution in [3.05, 3.63) is 93.9 Å². The number of rotatable bonds is 21. The fourth-order valence-corrected chi connectivity index (χ4v) is 7.25. The molecule has 2 aliphatic heterocycles. The van der Waals surface area contributed by atoms with Gasteiger partial charge in [-0.15, -0.1) is 0 Å². The molecule has 2 heterocycles. The molecule has 0 saturated heterocycles. The van der Waals surface area contributed by atoms with Crippen LogP contribution in [-0.4, -0.2) is 77.9 Å². The minimum Gasteiger partial charge on any atom is -0.461 e. The lowest BCUT2D eigenvalue weighted by molar-refractivity contribution is -0.292. The standard InChI is InChI=1S/C37H42N4O8S2/c1-5-27(3)15-16-40-30-11-7-10-14-33(30)51-36(40)29(39-4)26-49-48-24-22-45-20-19-44-21-23-47-37(43)28(25-38)35-41(17-18-46-34(42)6-2)31-12-8-9-13-32(31)50-35/h6-14,27H,2,5,15-24,26H2,1,3H3/b35-28-,36-29+. The number of hydrogen-bond acceptors (Lipinski definition) is 13. The number of thioether (sulfide) groups is 2. The number of esters is 2. The summed E-state index contributed by atoms with van der Waals surface area (Å²) in [7, 11) is 0. The summed E-state index contributed by atoms with van der Waals surface area (Å²) in [5.41, 5.74) is 2.25. The van der Waals surface area contributed by atoms with Crippen molar-refractivity contribution in [2.24, 2.45) is 5.92 Å². The molecular formula is C37H42N4O8S2. The van der Waals surface area contributed by atoms with Crippen LogP contribution in [0.1, 0.15) is 26.7 Å². The molecule has 1 atom stereocenters. The third kappa shape index (κ3) is 11.4. The van der Waals surface area contributed by atoms with E-state index < -0.39 is 11.9 Å². The Bertz CT molecular complexity index is 1670. The van der Waals surface area contributed by atoms with Gasteiger partial charge < -0.3 is 28.7 Å². The van der Waals surface area contributed by atoms with Crippen LogP contribution in [-0.2, 0) is 38.3 Å². The fraction of sp³-hybridized carbons (Fsp3) is 0.405. The van der Waals surface area contributed by atoms with E-state index in [2.05, 4.69) is 42.3 Å². The molecule has 14 heteroatoms. The minimum atomic E-state index is -0.773. The van der Waals surface area contributed by atoms with Gasteiger partial charge in [-0.3, -0.25) is 0 Å². The van der Waals surface area contributed by atoms with Crippen molar-refractivity contribution in [1.29, 1.82) is 5.26 Å². The Morgan fingerprint density at radius 2 is 1.49 bits per heavy atom. The number of fused-ring (bicyclic) bond motifs is 2. The van der Waals surface area contributed by atoms with E-state index in [-0.39, 0.29) is 65.0 Å². The first kappa shape index (κ1) is 39.5. The quantitative estimate of drug-likeness (QED) is 0.0257. The molecule has 2 aromatic carbocycles. The summed E-state index contributed by atoms with van der Waals surface area (Å²) in [5.74, 6) is -0.742. The molecule has 0 bridgehead atoms. The molecule has 0 aromatic heterocycles. The van der Waals surface area contributed by atoms with Gasteiger partial charge in [-0.2, -0.15) is 5.26 Å². The van der Waals surface area contributed by atoms with Crippen LogP contribution in [0.25, 0.3) is 4.85 Å². The van der Waals surface area contributed by atoms with Crippen LogP contribution >= 0.6 is 23.5 Å². The Balaban J connectivity index is 1.12. The number of para-hydroxylation sites is 2. The second kappa shape index (κ2) is 21.2. The molecule has 2 aromatic rings. The molecular weight excluding hydrogens is 693 g/mol. The van der Waals surface area contributed by atoms with Gasteiger partial charge in [-0.25, -0.2) is 24.2 Å². The minimum absolute atomic E-state index is 0.0283. The van der Waals surface area contributed by atoms with Gasteiger partial charge in [0.2, 0.25) is 5.70 Å². The summed E-state index contributed by atoms with van der Waals surface area (Å²) >= 11 is 2.86. The first-order chi connectivity index (χ1) is 24.9. The van der Waals surface area contributed by atoms with E-state index >= 15 is 0 Å². The topological polar surface area (TPSA) is 124 Å². The molecule has 0 saturated carbocycles. The van der Waals surface area contributed by atoms with Gasteiger partial charge in [0.1, 0.15) is 37.5 Å². The molecule has 0 aliphatic carbocycles. The smallest absolute Gasteiger partial charge is 0.351 e. The Kier molecular flexibility index (Phi) is 16.4. The summed E-state index contributed by atoms with van der Waals surface area (Å²) < 4.78 is 21.4. The zero-order valence-corrected chi connectivity index (χ0v) is 30.5. The second-order valence-electron chi connectivity index (χ2n) is 11.2. The van der Waals surface area contributed by atoms with Crippen molar-refractivity contribution in [3.8, 4) is 6.07 Å². The Morgan fingerprint density at radius 1 is 0.882 bits per heavy atom. The van der Waals surface area contributed by atoms with Crippen molar-refractivity contribution in [1.82, 2.24) is 0 Å². The molecule has 0 fully saturated rings. The lowest BCUT2D eigenvalue weighted by Crippen LogP contribution is -2.26. The van der Waals surface area contributed by atoms with Gasteiger partial charge in [0.05, 0.1) is 55.9 Å². The van der Waals surface area contributed by atoms with E-state index in [0.717, 1.165) is 51.7 Å². The Labute approximate surface area is 307 Å². The lowest BCUT2D eigenvalue weighted by atomic mass is 10.1. The highest BCUT2D eigenvalue weighted by Gasteiger charge is 2.31. The van der Waals surface area contributed by atoms with Crippen LogP contribution in [0, 0.1) is 23.8 Å². The number of carbonyl (C=O) groups excluding carboxylic acids is 2. The Morgan fingerprint density at radius 3 is 2.12 bits per heavy atom. The van der Waals surface area contributed by atoms with Crippen molar-refractivity contribution >= 4 is 46.8 Å². The largest absolute Gasteiger partial charge is 0.461 e. The van der Waals surface area contributed by atoms with Crippen molar-refractivity contribution in [2.45, 2.75) is 36.5 Å². The van der Waals surface area contributed by atoms with Crippen molar-refractivity contribution in [2.75, 3.05) is 75.7 Å². The maximum atomic E-state index is 12.8. The third-order valence-electron chi connectivity index (χ3n) is 7.82. The van der Waals surface area contributed by atoms with E-state index in [1.54, 1.807) is 16.7 Å². The average molecular weight is 735 g/mol. The molecule has 270 valence electrons. The fourth-order valence-electron chi connectivity index (χ4n) is 4.92. The van der Waals surface area contributed by atoms with Crippen LogP contribution in [0.2, 0.25) is 0 Å². The van der Waals surface area contributed by atoms with Crippen LogP contribution < -0.4 is 9.80 Å². The Hall–Kier alpha value is -4.28. The lowest BCUT2D eigenvalue weighted by Gasteiger charge is -2.23. The van der Waals surface area contributed by atoms with Crippen molar-refractivity contribution in [3.63, 3.8) is 0 Å². The molecule has 0 amide bonds. The summed E-state index contributed by atoms with van der Waals surface area (Å²) in [5, 5.41) is 11.1. The molecule has 0 N–H and O–H groups in total. The predicted octanol–water partition coefficient (Wildman–Crippen LogP) is 6.72. The predicted molar refractivity (Wildman–Crippen MR) is 195 cm³/mol. The zero-order chi connectivity index (χ0) is 36.4. The molecule has 0 spiro atoms. The van der Waals surface area contributed by atoms with E-state index in [1.807, 2.05) is 42.5 Å². The van der Waals surface area contributed by atoms with Crippen LogP contribution in [0.15, 0.2) is 92.3 Å². The number of ether oxygens (including phenoxy) is 4. The number of anilines is 2. The van der Waals surface area contributed by atoms with Crippen LogP contribution in [0.4, 0.5) is 11.4 Å². The summed E-state index contributed by atoms with van der Waals surface area (Å²) in [6.07, 6.45) is 3.21. The highest BCUT2D eigenvalue weighted by Crippen LogP contribution is 2.48. The van der Waals surface area contributed by atoms with Crippen LogP contribution in [0.3, 0.4) is 0 Å². The molecule has 4 rings (SSSR count). The maximum absolute atomic E-state index is 12.8. The highest BCUT2D eigenvalue weighted by molar-refractivity contribution is 8.04. The second-order valence-corrected chi connectivity index (χ2v) is 13.3. The first-order valence-corrected chi connectivity index (χ1v) is 18.2. The molecule has 12 nitrogen and oxygen atoms in total. The van der Waals surface area contributed by atoms with E-state index in [1.165, 1.54) is 11.8 Å². The van der Waals surface area contributed by atoms with Crippen LogP contribution in [0.5, 0.6) is 0 Å². The molecule has 0 radical (unpaired) electrons. The van der Waals surface area contributed by atoms with Gasteiger partial charge in [-0.05, 0) is 36.6 Å². The summed E-state index contributed by atoms with van der Waals surface area (Å²) in [4.78, 5) is 44.7. The van der Waals surface area contributed by atoms with Crippen molar-refractivity contribution < 1.29 is 38.3 Å². The van der Waals surface area contributed by atoms with E-state index in [0.29, 0.717) is 16.6 Å². The summed E-state index contributed by atoms with van der Waals surface area (Å²) in [6.45, 7) is 17.7. The third-order valence-corrected chi connectivity index (χ3v) is 10.2. The number of benzene rings is 2. The molecule has 51 heavy (non-hydrogen) atoms. The van der Waals surface area contributed by atoms with Gasteiger partial charge in [0.25, 0.3) is 0 Å². The number of nitrogens with zero attached hydrogens (tertiary/aromatic N) is 4. The number of carbonyl (C=O) groups is 2. The summed E-state index contributed by atoms with van der Waals surface area (Å²) in [6, 6.07) is 17.6. The molecule has 1 unspecified atom stereocenters. The van der Waals surface area contributed by atoms with E-state index in [4.69, 9.17) is 35.3 Å². The maximum Gasteiger partial charge on any atom is 0.351 e. The van der Waals surface area contributed by atoms with E-state index in [9.17, 15) is 14.9 Å². The highest BCUT2D eigenvalue weighted by atomic mass is 32.2. The average Bonchev–Trinajstić information content (AvgIpc) is 3.70. The van der Waals surface area contributed by atoms with Gasteiger partial charge in [-0.1, -0.05) is 74.6 Å². The normalized spacial score (nSPS) is 15.7. The SMILES string of the molecule is [C-]#[N+]/C(COOCCOCCOCCOC(=O)/C(C#N)=C1\Sc2ccccc2N1CCOC(=O)C=C)=C1/Sc2ccccc2N1CCC(C)CC. The van der Waals surface area contributed by atoms with Gasteiger partial charge in [0.15, 0.2) is 5.57 Å². The monoisotopic (exact) mass is 734 g/mol. The number of nitriles is 1. The molecule has 2 aliphatic rings. The zero-order valence-electron chi connectivity index (χ0n) is 28.8. The first-order valence-electron chi connectivity index (χ1n) is 16.6.